The Hall–Kier alpha value is 0.01000. The van der Waals surface area contributed by atoms with E-state index in [9.17, 15) is 4.57 Å². The summed E-state index contributed by atoms with van der Waals surface area (Å²) in [7, 11) is -3.66. The summed E-state index contributed by atoms with van der Waals surface area (Å²) in [5, 5.41) is 0. The Morgan fingerprint density at radius 1 is 1.53 bits per heavy atom. The number of phosphoric acid groups is 1. The molecule has 4 nitrogen and oxygen atoms in total. The van der Waals surface area contributed by atoms with Crippen molar-refractivity contribution in [2.45, 2.75) is 20.0 Å². The maximum Gasteiger partial charge on any atom is 0.530 e. The lowest BCUT2D eigenvalue weighted by molar-refractivity contribution is 0.123. The van der Waals surface area contributed by atoms with Crippen molar-refractivity contribution < 1.29 is 18.1 Å². The van der Waals surface area contributed by atoms with Crippen LogP contribution in [0.2, 0.25) is 0 Å². The molecule has 0 spiro atoms. The van der Waals surface area contributed by atoms with Gasteiger partial charge in [-0.2, -0.15) is 0 Å². The quantitative estimate of drug-likeness (QED) is 0.400. The van der Waals surface area contributed by atoms with Gasteiger partial charge in [0, 0.05) is 0 Å². The van der Waals surface area contributed by atoms with Crippen LogP contribution in [-0.4, -0.2) is 12.7 Å². The monoisotopic (exact) mass is 274 g/mol. The standard InChI is InChI=1S/C8H13Cl2O4P/c1-4-5-12-15(11,14-7(2)3)13-6-8(9)10/h4,6-7H,1,5H2,2-3H3. The Morgan fingerprint density at radius 3 is 2.53 bits per heavy atom. The van der Waals surface area contributed by atoms with Crippen LogP contribution in [0.15, 0.2) is 23.4 Å². The minimum absolute atomic E-state index is 0.0394. The minimum atomic E-state index is -3.66. The van der Waals surface area contributed by atoms with Gasteiger partial charge in [0.2, 0.25) is 0 Å². The molecule has 1 atom stereocenters. The van der Waals surface area contributed by atoms with Gasteiger partial charge in [0.1, 0.15) is 10.8 Å². The van der Waals surface area contributed by atoms with Gasteiger partial charge < -0.3 is 4.52 Å². The molecule has 0 aromatic carbocycles. The smallest absolute Gasteiger partial charge is 0.409 e. The Balaban J connectivity index is 4.47. The fraction of sp³-hybridized carbons (Fsp3) is 0.500. The van der Waals surface area contributed by atoms with E-state index in [4.69, 9.17) is 36.8 Å². The minimum Gasteiger partial charge on any atom is -0.409 e. The summed E-state index contributed by atoms with van der Waals surface area (Å²) in [5.74, 6) is 0. The normalized spacial score (nSPS) is 14.5. The molecule has 0 heterocycles. The van der Waals surface area contributed by atoms with Crippen LogP contribution in [0.25, 0.3) is 0 Å². The summed E-state index contributed by atoms with van der Waals surface area (Å²) in [6.07, 6.45) is 2.00. The summed E-state index contributed by atoms with van der Waals surface area (Å²) in [5.41, 5.74) is 0. The molecule has 0 rings (SSSR count). The fourth-order valence-electron chi connectivity index (χ4n) is 0.592. The van der Waals surface area contributed by atoms with Crippen LogP contribution >= 0.6 is 31.0 Å². The highest BCUT2D eigenvalue weighted by atomic mass is 35.5. The molecular weight excluding hydrogens is 262 g/mol. The molecule has 0 aliphatic heterocycles. The Labute approximate surface area is 99.4 Å². The van der Waals surface area contributed by atoms with E-state index in [0.717, 1.165) is 6.26 Å². The van der Waals surface area contributed by atoms with E-state index in [1.807, 2.05) is 0 Å². The molecule has 0 amide bonds. The van der Waals surface area contributed by atoms with Crippen molar-refractivity contribution in [2.75, 3.05) is 6.61 Å². The van der Waals surface area contributed by atoms with Gasteiger partial charge >= 0.3 is 7.82 Å². The highest BCUT2D eigenvalue weighted by Gasteiger charge is 2.28. The second-order valence-electron chi connectivity index (χ2n) is 2.70. The average molecular weight is 275 g/mol. The van der Waals surface area contributed by atoms with E-state index in [-0.39, 0.29) is 17.2 Å². The zero-order valence-corrected chi connectivity index (χ0v) is 10.9. The number of hydrogen-bond acceptors (Lipinski definition) is 4. The number of rotatable bonds is 7. The molecule has 0 saturated carbocycles. The zero-order chi connectivity index (χ0) is 11.9. The van der Waals surface area contributed by atoms with Crippen LogP contribution in [0.3, 0.4) is 0 Å². The maximum absolute atomic E-state index is 11.8. The van der Waals surface area contributed by atoms with Crippen molar-refractivity contribution in [3.05, 3.63) is 23.4 Å². The Morgan fingerprint density at radius 2 is 2.13 bits per heavy atom. The maximum atomic E-state index is 11.8. The van der Waals surface area contributed by atoms with E-state index >= 15 is 0 Å². The van der Waals surface area contributed by atoms with E-state index in [1.54, 1.807) is 13.8 Å². The molecule has 88 valence electrons. The summed E-state index contributed by atoms with van der Waals surface area (Å²) in [6, 6.07) is 0. The third-order valence-corrected chi connectivity index (χ3v) is 2.65. The highest BCUT2D eigenvalue weighted by molar-refractivity contribution is 7.48. The van der Waals surface area contributed by atoms with Crippen molar-refractivity contribution in [3.8, 4) is 0 Å². The lowest BCUT2D eigenvalue weighted by Crippen LogP contribution is -2.04. The van der Waals surface area contributed by atoms with Crippen molar-refractivity contribution in [1.29, 1.82) is 0 Å². The molecule has 0 bridgehead atoms. The molecule has 0 N–H and O–H groups in total. The van der Waals surface area contributed by atoms with Crippen molar-refractivity contribution >= 4 is 31.0 Å². The van der Waals surface area contributed by atoms with Gasteiger partial charge in [-0.3, -0.25) is 9.05 Å². The predicted molar refractivity (Wildman–Crippen MR) is 60.9 cm³/mol. The second kappa shape index (κ2) is 7.31. The number of phosphoric ester groups is 1. The fourth-order valence-corrected chi connectivity index (χ4v) is 2.02. The Kier molecular flexibility index (Phi) is 7.32. The molecule has 0 aromatic heterocycles. The lowest BCUT2D eigenvalue weighted by atomic mass is 10.5. The SMILES string of the molecule is C=CCOP(=O)(OC=C(Cl)Cl)OC(C)C. The van der Waals surface area contributed by atoms with Gasteiger partial charge in [-0.1, -0.05) is 29.3 Å². The molecule has 0 fully saturated rings. The van der Waals surface area contributed by atoms with E-state index < -0.39 is 7.82 Å². The third kappa shape index (κ3) is 7.88. The highest BCUT2D eigenvalue weighted by Crippen LogP contribution is 2.51. The van der Waals surface area contributed by atoms with Crippen LogP contribution in [-0.2, 0) is 18.1 Å². The largest absolute Gasteiger partial charge is 0.530 e. The molecule has 0 aliphatic carbocycles. The van der Waals surface area contributed by atoms with Crippen LogP contribution in [0, 0.1) is 0 Å². The first-order valence-corrected chi connectivity index (χ1v) is 6.34. The van der Waals surface area contributed by atoms with Gasteiger partial charge in [0.05, 0.1) is 12.7 Å². The first kappa shape index (κ1) is 15.0. The molecule has 0 saturated heterocycles. The summed E-state index contributed by atoms with van der Waals surface area (Å²) < 4.78 is 26.2. The first-order valence-electron chi connectivity index (χ1n) is 4.13. The predicted octanol–water partition coefficient (Wildman–Crippen LogP) is 4.02. The van der Waals surface area contributed by atoms with Crippen molar-refractivity contribution in [3.63, 3.8) is 0 Å². The van der Waals surface area contributed by atoms with Gasteiger partial charge in [-0.05, 0) is 13.8 Å². The van der Waals surface area contributed by atoms with Crippen LogP contribution in [0.4, 0.5) is 0 Å². The Bertz CT molecular complexity index is 274. The molecule has 0 aromatic rings. The van der Waals surface area contributed by atoms with Crippen molar-refractivity contribution in [2.24, 2.45) is 0 Å². The molecule has 15 heavy (non-hydrogen) atoms. The molecule has 0 radical (unpaired) electrons. The topological polar surface area (TPSA) is 44.8 Å². The third-order valence-electron chi connectivity index (χ3n) is 0.961. The summed E-state index contributed by atoms with van der Waals surface area (Å²) >= 11 is 10.6. The van der Waals surface area contributed by atoms with Crippen LogP contribution in [0.1, 0.15) is 13.8 Å². The second-order valence-corrected chi connectivity index (χ2v) is 5.28. The first-order chi connectivity index (χ1) is 6.89. The summed E-state index contributed by atoms with van der Waals surface area (Å²) in [6.45, 7) is 6.84. The van der Waals surface area contributed by atoms with Gasteiger partial charge in [-0.25, -0.2) is 4.57 Å². The van der Waals surface area contributed by atoms with E-state index in [0.29, 0.717) is 0 Å². The summed E-state index contributed by atoms with van der Waals surface area (Å²) in [4.78, 5) is 0. The molecule has 1 unspecified atom stereocenters. The van der Waals surface area contributed by atoms with Crippen LogP contribution < -0.4 is 0 Å². The van der Waals surface area contributed by atoms with E-state index in [2.05, 4.69) is 6.58 Å². The molecule has 0 aliphatic rings. The van der Waals surface area contributed by atoms with Gasteiger partial charge in [0.25, 0.3) is 0 Å². The number of halogens is 2. The van der Waals surface area contributed by atoms with E-state index in [1.165, 1.54) is 6.08 Å². The van der Waals surface area contributed by atoms with Crippen LogP contribution in [0.5, 0.6) is 0 Å². The average Bonchev–Trinajstić information content (AvgIpc) is 2.11. The number of hydrogen-bond donors (Lipinski definition) is 0. The van der Waals surface area contributed by atoms with Crippen molar-refractivity contribution in [1.82, 2.24) is 0 Å². The molecule has 7 heteroatoms. The molecular formula is C8H13Cl2O4P. The lowest BCUT2D eigenvalue weighted by Gasteiger charge is -2.17. The zero-order valence-electron chi connectivity index (χ0n) is 8.48. The van der Waals surface area contributed by atoms with Gasteiger partial charge in [-0.15, -0.1) is 6.58 Å². The van der Waals surface area contributed by atoms with Gasteiger partial charge in [0.15, 0.2) is 0 Å².